The van der Waals surface area contributed by atoms with Crippen molar-refractivity contribution in [1.29, 1.82) is 0 Å². The van der Waals surface area contributed by atoms with Gasteiger partial charge in [-0.3, -0.25) is 9.89 Å². The van der Waals surface area contributed by atoms with Crippen molar-refractivity contribution < 1.29 is 9.53 Å². The van der Waals surface area contributed by atoms with Crippen LogP contribution in [0.3, 0.4) is 0 Å². The Bertz CT molecular complexity index is 559. The first-order valence-corrected chi connectivity index (χ1v) is 6.44. The van der Waals surface area contributed by atoms with Crippen LogP contribution in [0.15, 0.2) is 36.7 Å². The SMILES string of the molecule is COc1ccc(C(C)(C)CNC(=O)c2cn[nH]c2)cc1. The predicted octanol–water partition coefficient (Wildman–Crippen LogP) is 2.13. The van der Waals surface area contributed by atoms with E-state index in [0.717, 1.165) is 11.3 Å². The molecule has 0 spiro atoms. The smallest absolute Gasteiger partial charge is 0.254 e. The topological polar surface area (TPSA) is 67.0 Å². The number of ether oxygens (including phenoxy) is 1. The van der Waals surface area contributed by atoms with Crippen LogP contribution in [0, 0.1) is 0 Å². The van der Waals surface area contributed by atoms with E-state index in [1.54, 1.807) is 13.3 Å². The molecule has 2 aromatic rings. The summed E-state index contributed by atoms with van der Waals surface area (Å²) in [6.07, 6.45) is 3.09. The highest BCUT2D eigenvalue weighted by molar-refractivity contribution is 5.93. The Labute approximate surface area is 118 Å². The Morgan fingerprint density at radius 2 is 2.05 bits per heavy atom. The molecule has 0 aliphatic heterocycles. The molecule has 0 bridgehead atoms. The molecule has 0 unspecified atom stereocenters. The average molecular weight is 273 g/mol. The van der Waals surface area contributed by atoms with Gasteiger partial charge in [0, 0.05) is 18.2 Å². The molecule has 20 heavy (non-hydrogen) atoms. The molecule has 0 aliphatic carbocycles. The summed E-state index contributed by atoms with van der Waals surface area (Å²) in [5.74, 6) is 0.701. The summed E-state index contributed by atoms with van der Waals surface area (Å²) in [5, 5.41) is 9.31. The number of aromatic nitrogens is 2. The average Bonchev–Trinajstić information content (AvgIpc) is 2.99. The molecule has 0 atom stereocenters. The minimum atomic E-state index is -0.161. The van der Waals surface area contributed by atoms with Crippen LogP contribution in [0.1, 0.15) is 29.8 Å². The van der Waals surface area contributed by atoms with Gasteiger partial charge in [0.1, 0.15) is 5.75 Å². The lowest BCUT2D eigenvalue weighted by Crippen LogP contribution is -2.36. The van der Waals surface area contributed by atoms with E-state index in [2.05, 4.69) is 29.4 Å². The zero-order valence-electron chi connectivity index (χ0n) is 11.9. The number of amides is 1. The normalized spacial score (nSPS) is 11.2. The van der Waals surface area contributed by atoms with Crippen LogP contribution >= 0.6 is 0 Å². The van der Waals surface area contributed by atoms with Gasteiger partial charge in [-0.15, -0.1) is 0 Å². The largest absolute Gasteiger partial charge is 0.497 e. The van der Waals surface area contributed by atoms with E-state index in [1.807, 2.05) is 24.3 Å². The first kappa shape index (κ1) is 14.1. The number of rotatable bonds is 5. The molecular weight excluding hydrogens is 254 g/mol. The maximum Gasteiger partial charge on any atom is 0.254 e. The third-order valence-electron chi connectivity index (χ3n) is 3.32. The standard InChI is InChI=1S/C15H19N3O2/c1-15(2,12-4-6-13(20-3)7-5-12)10-16-14(19)11-8-17-18-9-11/h4-9H,10H2,1-3H3,(H,16,19)(H,17,18). The van der Waals surface area contributed by atoms with Crippen LogP contribution in [0.5, 0.6) is 5.75 Å². The summed E-state index contributed by atoms with van der Waals surface area (Å²) in [6, 6.07) is 7.88. The Kier molecular flexibility index (Phi) is 4.08. The number of nitrogens with one attached hydrogen (secondary N) is 2. The van der Waals surface area contributed by atoms with Gasteiger partial charge in [0.25, 0.3) is 5.91 Å². The summed E-state index contributed by atoms with van der Waals surface area (Å²) in [6.45, 7) is 4.72. The molecule has 2 N–H and O–H groups in total. The van der Waals surface area contributed by atoms with E-state index in [1.165, 1.54) is 6.20 Å². The minimum absolute atomic E-state index is 0.125. The van der Waals surface area contributed by atoms with Crippen LogP contribution in [0.4, 0.5) is 0 Å². The number of carbonyl (C=O) groups is 1. The molecule has 5 nitrogen and oxygen atoms in total. The van der Waals surface area contributed by atoms with E-state index >= 15 is 0 Å². The van der Waals surface area contributed by atoms with Crippen LogP contribution in [0.25, 0.3) is 0 Å². The van der Waals surface area contributed by atoms with Crippen LogP contribution in [0.2, 0.25) is 0 Å². The van der Waals surface area contributed by atoms with Gasteiger partial charge in [-0.25, -0.2) is 0 Å². The Balaban J connectivity index is 2.01. The van der Waals surface area contributed by atoms with E-state index in [-0.39, 0.29) is 11.3 Å². The van der Waals surface area contributed by atoms with Gasteiger partial charge < -0.3 is 10.1 Å². The Morgan fingerprint density at radius 3 is 2.60 bits per heavy atom. The van der Waals surface area contributed by atoms with E-state index in [9.17, 15) is 4.79 Å². The fourth-order valence-electron chi connectivity index (χ4n) is 1.92. The van der Waals surface area contributed by atoms with Crippen molar-refractivity contribution in [2.75, 3.05) is 13.7 Å². The molecule has 1 aromatic carbocycles. The third-order valence-corrected chi connectivity index (χ3v) is 3.32. The lowest BCUT2D eigenvalue weighted by atomic mass is 9.84. The highest BCUT2D eigenvalue weighted by Gasteiger charge is 2.22. The zero-order valence-corrected chi connectivity index (χ0v) is 11.9. The van der Waals surface area contributed by atoms with Gasteiger partial charge in [0.15, 0.2) is 0 Å². The molecule has 1 aromatic heterocycles. The molecule has 0 saturated carbocycles. The number of carbonyl (C=O) groups excluding carboxylic acids is 1. The number of hydrogen-bond donors (Lipinski definition) is 2. The second kappa shape index (κ2) is 5.77. The summed E-state index contributed by atoms with van der Waals surface area (Å²) < 4.78 is 5.15. The van der Waals surface area contributed by atoms with Gasteiger partial charge in [0.2, 0.25) is 0 Å². The first-order valence-electron chi connectivity index (χ1n) is 6.44. The zero-order chi connectivity index (χ0) is 14.6. The number of nitrogens with zero attached hydrogens (tertiary/aromatic N) is 1. The molecule has 0 saturated heterocycles. The van der Waals surface area contributed by atoms with Crippen molar-refractivity contribution >= 4 is 5.91 Å². The molecule has 0 aliphatic rings. The highest BCUT2D eigenvalue weighted by atomic mass is 16.5. The fourth-order valence-corrected chi connectivity index (χ4v) is 1.92. The summed E-state index contributed by atoms with van der Waals surface area (Å²) in [7, 11) is 1.64. The predicted molar refractivity (Wildman–Crippen MR) is 76.9 cm³/mol. The summed E-state index contributed by atoms with van der Waals surface area (Å²) in [4.78, 5) is 11.9. The molecule has 2 rings (SSSR count). The van der Waals surface area contributed by atoms with Gasteiger partial charge in [-0.2, -0.15) is 5.10 Å². The van der Waals surface area contributed by atoms with E-state index in [0.29, 0.717) is 12.1 Å². The van der Waals surface area contributed by atoms with Crippen molar-refractivity contribution in [2.24, 2.45) is 0 Å². The number of aromatic amines is 1. The van der Waals surface area contributed by atoms with E-state index in [4.69, 9.17) is 4.74 Å². The number of H-pyrrole nitrogens is 1. The number of benzene rings is 1. The van der Waals surface area contributed by atoms with Gasteiger partial charge in [-0.1, -0.05) is 26.0 Å². The van der Waals surface area contributed by atoms with Gasteiger partial charge in [-0.05, 0) is 17.7 Å². The molecular formula is C15H19N3O2. The second-order valence-electron chi connectivity index (χ2n) is 5.28. The number of hydrogen-bond acceptors (Lipinski definition) is 3. The fraction of sp³-hybridized carbons (Fsp3) is 0.333. The number of methoxy groups -OCH3 is 1. The Hall–Kier alpha value is -2.30. The van der Waals surface area contributed by atoms with Crippen LogP contribution in [-0.4, -0.2) is 29.8 Å². The monoisotopic (exact) mass is 273 g/mol. The van der Waals surface area contributed by atoms with E-state index < -0.39 is 0 Å². The minimum Gasteiger partial charge on any atom is -0.497 e. The molecule has 106 valence electrons. The van der Waals surface area contributed by atoms with Crippen molar-refractivity contribution in [3.8, 4) is 5.75 Å². The lowest BCUT2D eigenvalue weighted by Gasteiger charge is -2.25. The maximum atomic E-state index is 11.9. The van der Waals surface area contributed by atoms with Crippen molar-refractivity contribution in [3.05, 3.63) is 47.8 Å². The molecule has 5 heteroatoms. The highest BCUT2D eigenvalue weighted by Crippen LogP contribution is 2.24. The van der Waals surface area contributed by atoms with Gasteiger partial charge >= 0.3 is 0 Å². The molecule has 1 amide bonds. The first-order chi connectivity index (χ1) is 9.53. The van der Waals surface area contributed by atoms with Crippen molar-refractivity contribution in [2.45, 2.75) is 19.3 Å². The third kappa shape index (κ3) is 3.17. The second-order valence-corrected chi connectivity index (χ2v) is 5.28. The van der Waals surface area contributed by atoms with Crippen LogP contribution < -0.4 is 10.1 Å². The lowest BCUT2D eigenvalue weighted by molar-refractivity contribution is 0.0945. The van der Waals surface area contributed by atoms with Crippen molar-refractivity contribution in [3.63, 3.8) is 0 Å². The molecule has 1 heterocycles. The molecule has 0 fully saturated rings. The quantitative estimate of drug-likeness (QED) is 0.877. The van der Waals surface area contributed by atoms with Gasteiger partial charge in [0.05, 0.1) is 18.9 Å². The maximum absolute atomic E-state index is 11.9. The summed E-state index contributed by atoms with van der Waals surface area (Å²) >= 11 is 0. The summed E-state index contributed by atoms with van der Waals surface area (Å²) in [5.41, 5.74) is 1.52. The van der Waals surface area contributed by atoms with Crippen molar-refractivity contribution in [1.82, 2.24) is 15.5 Å². The molecule has 0 radical (unpaired) electrons. The van der Waals surface area contributed by atoms with Crippen LogP contribution in [-0.2, 0) is 5.41 Å². The Morgan fingerprint density at radius 1 is 1.35 bits per heavy atom.